The number of hydrogen-bond acceptors (Lipinski definition) is 5. The third-order valence-electron chi connectivity index (χ3n) is 4.69. The zero-order chi connectivity index (χ0) is 20.4. The molecule has 1 aromatic carbocycles. The number of nitrogens with one attached hydrogen (secondary N) is 2. The molecular weight excluding hydrogens is 370 g/mol. The van der Waals surface area contributed by atoms with Crippen molar-refractivity contribution in [1.29, 1.82) is 5.26 Å². The SMILES string of the molecule is N#Cc1cccc(-c2cc(C3CNC(=O)NC3=O)cn(-c3cccnc3)c2=O)c1. The second-order valence-electron chi connectivity index (χ2n) is 6.52. The van der Waals surface area contributed by atoms with E-state index in [2.05, 4.69) is 21.7 Å². The summed E-state index contributed by atoms with van der Waals surface area (Å²) in [4.78, 5) is 41.1. The van der Waals surface area contributed by atoms with Crippen LogP contribution in [0.4, 0.5) is 4.79 Å². The standard InChI is InChI=1S/C21H15N5O3/c22-9-13-3-1-4-14(7-13)17-8-15(18-11-24-21(29)25-19(18)27)12-26(20(17)28)16-5-2-6-23-10-16/h1-8,10,12,18H,11H2,(H2,24,25,27,29). The Hall–Kier alpha value is -4.25. The lowest BCUT2D eigenvalue weighted by Gasteiger charge is -2.23. The number of nitriles is 1. The van der Waals surface area contributed by atoms with Crippen molar-refractivity contribution in [3.63, 3.8) is 0 Å². The summed E-state index contributed by atoms with van der Waals surface area (Å²) in [7, 11) is 0. The van der Waals surface area contributed by atoms with E-state index in [9.17, 15) is 19.6 Å². The summed E-state index contributed by atoms with van der Waals surface area (Å²) in [6.45, 7) is 0.119. The highest BCUT2D eigenvalue weighted by Crippen LogP contribution is 2.24. The van der Waals surface area contributed by atoms with Crippen molar-refractivity contribution in [2.24, 2.45) is 0 Å². The van der Waals surface area contributed by atoms with Crippen molar-refractivity contribution in [3.05, 3.63) is 82.5 Å². The van der Waals surface area contributed by atoms with E-state index >= 15 is 0 Å². The average Bonchev–Trinajstić information content (AvgIpc) is 2.75. The maximum absolute atomic E-state index is 13.2. The number of carbonyl (C=O) groups is 2. The van der Waals surface area contributed by atoms with Crippen LogP contribution in [0.1, 0.15) is 17.0 Å². The molecule has 1 fully saturated rings. The quantitative estimate of drug-likeness (QED) is 0.712. The van der Waals surface area contributed by atoms with Gasteiger partial charge in [0.15, 0.2) is 0 Å². The zero-order valence-corrected chi connectivity index (χ0v) is 15.1. The fraction of sp³-hybridized carbons (Fsp3) is 0.0952. The Bertz CT molecular complexity index is 1210. The van der Waals surface area contributed by atoms with Gasteiger partial charge in [0.2, 0.25) is 5.91 Å². The molecule has 8 nitrogen and oxygen atoms in total. The molecule has 1 atom stereocenters. The first-order chi connectivity index (χ1) is 14.1. The smallest absolute Gasteiger partial charge is 0.321 e. The molecule has 2 N–H and O–H groups in total. The van der Waals surface area contributed by atoms with Crippen LogP contribution in [0.2, 0.25) is 0 Å². The second kappa shape index (κ2) is 7.40. The van der Waals surface area contributed by atoms with Crippen LogP contribution in [0.15, 0.2) is 65.8 Å². The first-order valence-corrected chi connectivity index (χ1v) is 8.83. The van der Waals surface area contributed by atoms with Gasteiger partial charge in [-0.2, -0.15) is 5.26 Å². The number of urea groups is 1. The Morgan fingerprint density at radius 2 is 2.00 bits per heavy atom. The lowest BCUT2D eigenvalue weighted by Crippen LogP contribution is -2.51. The molecule has 1 unspecified atom stereocenters. The molecule has 2 aromatic heterocycles. The number of aromatic nitrogens is 2. The first kappa shape index (κ1) is 18.1. The lowest BCUT2D eigenvalue weighted by molar-refractivity contribution is -0.122. The van der Waals surface area contributed by atoms with Gasteiger partial charge in [-0.1, -0.05) is 12.1 Å². The van der Waals surface area contributed by atoms with Crippen molar-refractivity contribution < 1.29 is 9.59 Å². The number of imide groups is 1. The van der Waals surface area contributed by atoms with Crippen LogP contribution in [-0.4, -0.2) is 28.0 Å². The molecule has 0 bridgehead atoms. The Morgan fingerprint density at radius 1 is 1.14 bits per heavy atom. The summed E-state index contributed by atoms with van der Waals surface area (Å²) in [6, 6.07) is 13.3. The number of benzene rings is 1. The summed E-state index contributed by atoms with van der Waals surface area (Å²) in [6.07, 6.45) is 4.72. The molecule has 3 amide bonds. The zero-order valence-electron chi connectivity index (χ0n) is 15.1. The Balaban J connectivity index is 1.93. The van der Waals surface area contributed by atoms with Gasteiger partial charge in [0.1, 0.15) is 0 Å². The van der Waals surface area contributed by atoms with Crippen LogP contribution >= 0.6 is 0 Å². The van der Waals surface area contributed by atoms with Crippen LogP contribution in [0.5, 0.6) is 0 Å². The highest BCUT2D eigenvalue weighted by molar-refractivity contribution is 6.00. The van der Waals surface area contributed by atoms with Gasteiger partial charge >= 0.3 is 6.03 Å². The summed E-state index contributed by atoms with van der Waals surface area (Å²) in [5.41, 5.74) is 2.11. The Morgan fingerprint density at radius 3 is 2.72 bits per heavy atom. The fourth-order valence-corrected chi connectivity index (χ4v) is 3.24. The van der Waals surface area contributed by atoms with Gasteiger partial charge in [0.25, 0.3) is 5.56 Å². The molecule has 1 aliphatic heterocycles. The summed E-state index contributed by atoms with van der Waals surface area (Å²) in [5.74, 6) is -1.10. The van der Waals surface area contributed by atoms with Crippen molar-refractivity contribution in [1.82, 2.24) is 20.2 Å². The Labute approximate surface area is 165 Å². The number of pyridine rings is 2. The van der Waals surface area contributed by atoms with Gasteiger partial charge in [-0.05, 0) is 41.5 Å². The van der Waals surface area contributed by atoms with Crippen LogP contribution in [0.3, 0.4) is 0 Å². The second-order valence-corrected chi connectivity index (χ2v) is 6.52. The maximum atomic E-state index is 13.2. The Kier molecular flexibility index (Phi) is 4.63. The minimum atomic E-state index is -0.658. The molecule has 4 rings (SSSR count). The van der Waals surface area contributed by atoms with E-state index in [0.717, 1.165) is 0 Å². The molecular formula is C21H15N5O3. The van der Waals surface area contributed by atoms with Crippen LogP contribution < -0.4 is 16.2 Å². The fourth-order valence-electron chi connectivity index (χ4n) is 3.24. The molecule has 142 valence electrons. The van der Waals surface area contributed by atoms with Gasteiger partial charge < -0.3 is 5.32 Å². The van der Waals surface area contributed by atoms with E-state index in [1.54, 1.807) is 61.1 Å². The summed E-state index contributed by atoms with van der Waals surface area (Å²) < 4.78 is 1.42. The van der Waals surface area contributed by atoms with Gasteiger partial charge in [-0.25, -0.2) is 4.79 Å². The monoisotopic (exact) mass is 385 g/mol. The molecule has 3 aromatic rings. The number of hydrogen-bond donors (Lipinski definition) is 2. The highest BCUT2D eigenvalue weighted by Gasteiger charge is 2.29. The van der Waals surface area contributed by atoms with E-state index in [4.69, 9.17) is 0 Å². The molecule has 0 saturated carbocycles. The molecule has 0 radical (unpaired) electrons. The van der Waals surface area contributed by atoms with Crippen LogP contribution in [0, 0.1) is 11.3 Å². The number of amides is 3. The van der Waals surface area contributed by atoms with Gasteiger partial charge in [0, 0.05) is 24.5 Å². The van der Waals surface area contributed by atoms with E-state index in [0.29, 0.717) is 27.9 Å². The number of rotatable bonds is 3. The van der Waals surface area contributed by atoms with Crippen molar-refractivity contribution in [3.8, 4) is 22.9 Å². The van der Waals surface area contributed by atoms with Crippen molar-refractivity contribution in [2.75, 3.05) is 6.54 Å². The maximum Gasteiger partial charge on any atom is 0.321 e. The van der Waals surface area contributed by atoms with Gasteiger partial charge in [-0.3, -0.25) is 24.5 Å². The highest BCUT2D eigenvalue weighted by atomic mass is 16.2. The number of nitrogens with zero attached hydrogens (tertiary/aromatic N) is 3. The molecule has 8 heteroatoms. The topological polar surface area (TPSA) is 117 Å². The average molecular weight is 385 g/mol. The van der Waals surface area contributed by atoms with Crippen LogP contribution in [0.25, 0.3) is 16.8 Å². The van der Waals surface area contributed by atoms with Crippen molar-refractivity contribution >= 4 is 11.9 Å². The molecule has 29 heavy (non-hydrogen) atoms. The molecule has 0 spiro atoms. The van der Waals surface area contributed by atoms with Gasteiger partial charge in [0.05, 0.1) is 29.4 Å². The van der Waals surface area contributed by atoms with E-state index < -0.39 is 17.9 Å². The van der Waals surface area contributed by atoms with E-state index in [1.165, 1.54) is 4.57 Å². The summed E-state index contributed by atoms with van der Waals surface area (Å²) in [5, 5.41) is 14.0. The third kappa shape index (κ3) is 3.49. The first-order valence-electron chi connectivity index (χ1n) is 8.83. The number of carbonyl (C=O) groups excluding carboxylic acids is 2. The predicted molar refractivity (Wildman–Crippen MR) is 104 cm³/mol. The summed E-state index contributed by atoms with van der Waals surface area (Å²) >= 11 is 0. The van der Waals surface area contributed by atoms with E-state index in [1.807, 2.05) is 0 Å². The largest absolute Gasteiger partial charge is 0.337 e. The molecule has 1 aliphatic rings. The molecule has 1 saturated heterocycles. The molecule has 3 heterocycles. The van der Waals surface area contributed by atoms with Crippen LogP contribution in [-0.2, 0) is 4.79 Å². The van der Waals surface area contributed by atoms with Gasteiger partial charge in [-0.15, -0.1) is 0 Å². The minimum absolute atomic E-state index is 0.119. The van der Waals surface area contributed by atoms with Crippen molar-refractivity contribution in [2.45, 2.75) is 5.92 Å². The third-order valence-corrected chi connectivity index (χ3v) is 4.69. The predicted octanol–water partition coefficient (Wildman–Crippen LogP) is 1.69. The minimum Gasteiger partial charge on any atom is -0.337 e. The molecule has 0 aliphatic carbocycles. The normalized spacial score (nSPS) is 15.9. The lowest BCUT2D eigenvalue weighted by atomic mass is 9.94. The van der Waals surface area contributed by atoms with E-state index in [-0.39, 0.29) is 12.1 Å².